The molecule has 3 N–H and O–H groups in total. The van der Waals surface area contributed by atoms with Crippen molar-refractivity contribution in [1.29, 1.82) is 0 Å². The van der Waals surface area contributed by atoms with Crippen LogP contribution >= 0.6 is 11.3 Å². The number of nitrogens with one attached hydrogen (secondary N) is 3. The maximum atomic E-state index is 12.0. The molecule has 1 heterocycles. The maximum Gasteiger partial charge on any atom is 0.263 e. The van der Waals surface area contributed by atoms with Gasteiger partial charge in [0, 0.05) is 33.3 Å². The highest BCUT2D eigenvalue weighted by atomic mass is 32.1. The summed E-state index contributed by atoms with van der Waals surface area (Å²) in [6, 6.07) is 0. The van der Waals surface area contributed by atoms with Crippen molar-refractivity contribution in [3.05, 3.63) is 16.1 Å². The molecule has 0 atom stereocenters. The van der Waals surface area contributed by atoms with E-state index in [-0.39, 0.29) is 5.91 Å². The quantitative estimate of drug-likeness (QED) is 0.346. The molecule has 7 nitrogen and oxygen atoms in total. The normalized spacial score (nSPS) is 15.7. The largest absolute Gasteiger partial charge is 0.378 e. The average molecular weight is 382 g/mol. The van der Waals surface area contributed by atoms with Gasteiger partial charge in [-0.25, -0.2) is 4.98 Å². The summed E-state index contributed by atoms with van der Waals surface area (Å²) >= 11 is 1.36. The fraction of sp³-hybridized carbons (Fsp3) is 0.722. The summed E-state index contributed by atoms with van der Waals surface area (Å²) in [5, 5.41) is 9.35. The van der Waals surface area contributed by atoms with Crippen molar-refractivity contribution in [2.24, 2.45) is 4.99 Å². The maximum absolute atomic E-state index is 12.0. The van der Waals surface area contributed by atoms with Gasteiger partial charge in [0.25, 0.3) is 5.91 Å². The first-order valence-corrected chi connectivity index (χ1v) is 10.3. The van der Waals surface area contributed by atoms with Crippen LogP contribution in [0, 0.1) is 6.92 Å². The van der Waals surface area contributed by atoms with Crippen molar-refractivity contribution in [1.82, 2.24) is 20.9 Å². The van der Waals surface area contributed by atoms with Gasteiger partial charge in [0.15, 0.2) is 5.96 Å². The number of aliphatic imine (C=N–C) groups is 1. The smallest absolute Gasteiger partial charge is 0.263 e. The Labute approximate surface area is 160 Å². The van der Waals surface area contributed by atoms with Gasteiger partial charge in [0.05, 0.1) is 17.3 Å². The summed E-state index contributed by atoms with van der Waals surface area (Å²) in [6.45, 7) is 4.59. The molecule has 1 aliphatic carbocycles. The molecule has 1 aliphatic rings. The number of aryl methyl sites for hydroxylation is 1. The SMILES string of the molecule is CN=C(NCCCOC1CCCCC1)NCCNC(=O)c1scnc1C. The van der Waals surface area contributed by atoms with E-state index in [1.165, 1.54) is 43.4 Å². The van der Waals surface area contributed by atoms with Crippen molar-refractivity contribution >= 4 is 23.2 Å². The Hall–Kier alpha value is -1.67. The van der Waals surface area contributed by atoms with Gasteiger partial charge in [-0.2, -0.15) is 0 Å². The molecule has 1 amide bonds. The van der Waals surface area contributed by atoms with Crippen molar-refractivity contribution in [2.75, 3.05) is 33.3 Å². The number of ether oxygens (including phenoxy) is 1. The van der Waals surface area contributed by atoms with Crippen molar-refractivity contribution in [3.63, 3.8) is 0 Å². The molecule has 1 saturated carbocycles. The molecule has 26 heavy (non-hydrogen) atoms. The molecule has 0 radical (unpaired) electrons. The van der Waals surface area contributed by atoms with Gasteiger partial charge in [-0.1, -0.05) is 19.3 Å². The first kappa shape index (κ1) is 20.6. The fourth-order valence-electron chi connectivity index (χ4n) is 2.94. The minimum absolute atomic E-state index is 0.0744. The predicted molar refractivity (Wildman–Crippen MR) is 106 cm³/mol. The van der Waals surface area contributed by atoms with E-state index in [1.54, 1.807) is 12.6 Å². The minimum atomic E-state index is -0.0744. The van der Waals surface area contributed by atoms with Crippen LogP contribution in [0.25, 0.3) is 0 Å². The summed E-state index contributed by atoms with van der Waals surface area (Å²) in [4.78, 5) is 20.9. The zero-order chi connectivity index (χ0) is 18.6. The van der Waals surface area contributed by atoms with Crippen LogP contribution in [-0.4, -0.2) is 56.2 Å². The van der Waals surface area contributed by atoms with Crippen LogP contribution in [0.2, 0.25) is 0 Å². The molecule has 0 unspecified atom stereocenters. The molecule has 1 fully saturated rings. The Morgan fingerprint density at radius 3 is 2.65 bits per heavy atom. The summed E-state index contributed by atoms with van der Waals surface area (Å²) in [7, 11) is 1.74. The van der Waals surface area contributed by atoms with E-state index in [9.17, 15) is 4.79 Å². The Morgan fingerprint density at radius 2 is 1.96 bits per heavy atom. The second-order valence-corrected chi connectivity index (χ2v) is 7.29. The Bertz CT molecular complexity index is 570. The summed E-state index contributed by atoms with van der Waals surface area (Å²) in [6.07, 6.45) is 7.81. The molecule has 1 aromatic rings. The number of amides is 1. The van der Waals surface area contributed by atoms with Gasteiger partial charge >= 0.3 is 0 Å². The summed E-state index contributed by atoms with van der Waals surface area (Å²) in [5.41, 5.74) is 2.46. The fourth-order valence-corrected chi connectivity index (χ4v) is 3.66. The number of hydrogen-bond acceptors (Lipinski definition) is 5. The van der Waals surface area contributed by atoms with E-state index < -0.39 is 0 Å². The lowest BCUT2D eigenvalue weighted by atomic mass is 9.98. The zero-order valence-electron chi connectivity index (χ0n) is 15.8. The van der Waals surface area contributed by atoms with Crippen molar-refractivity contribution in [3.8, 4) is 0 Å². The lowest BCUT2D eigenvalue weighted by molar-refractivity contribution is 0.0277. The molecule has 146 valence electrons. The van der Waals surface area contributed by atoms with Crippen LogP contribution in [0.15, 0.2) is 10.5 Å². The van der Waals surface area contributed by atoms with Gasteiger partial charge in [0.2, 0.25) is 0 Å². The van der Waals surface area contributed by atoms with E-state index in [2.05, 4.69) is 25.9 Å². The summed E-state index contributed by atoms with van der Waals surface area (Å²) in [5.74, 6) is 0.667. The molecule has 2 rings (SSSR count). The van der Waals surface area contributed by atoms with E-state index >= 15 is 0 Å². The highest BCUT2D eigenvalue weighted by Gasteiger charge is 2.13. The molecule has 0 aliphatic heterocycles. The van der Waals surface area contributed by atoms with E-state index in [0.717, 1.165) is 31.2 Å². The third-order valence-corrected chi connectivity index (χ3v) is 5.32. The molecule has 0 saturated heterocycles. The van der Waals surface area contributed by atoms with Gasteiger partial charge in [-0.05, 0) is 26.2 Å². The average Bonchev–Trinajstić information content (AvgIpc) is 3.10. The third-order valence-electron chi connectivity index (χ3n) is 4.40. The highest BCUT2D eigenvalue weighted by Crippen LogP contribution is 2.20. The van der Waals surface area contributed by atoms with Crippen LogP contribution in [0.5, 0.6) is 0 Å². The molecule has 0 aromatic carbocycles. The van der Waals surface area contributed by atoms with Gasteiger partial charge in [-0.15, -0.1) is 11.3 Å². The minimum Gasteiger partial charge on any atom is -0.378 e. The first-order chi connectivity index (χ1) is 12.7. The lowest BCUT2D eigenvalue weighted by Gasteiger charge is -2.22. The van der Waals surface area contributed by atoms with Crippen LogP contribution in [0.3, 0.4) is 0 Å². The van der Waals surface area contributed by atoms with Crippen LogP contribution in [-0.2, 0) is 4.74 Å². The Balaban J connectivity index is 1.51. The van der Waals surface area contributed by atoms with Gasteiger partial charge < -0.3 is 20.7 Å². The molecule has 0 bridgehead atoms. The van der Waals surface area contributed by atoms with E-state index in [1.807, 2.05) is 6.92 Å². The standard InChI is InChI=1S/C18H31N5O2S/c1-14-16(26-13-23-14)17(24)20-10-11-22-18(19-2)21-9-6-12-25-15-7-4-3-5-8-15/h13,15H,3-12H2,1-2H3,(H,20,24)(H2,19,21,22). The van der Waals surface area contributed by atoms with E-state index in [0.29, 0.717) is 24.1 Å². The molecule has 0 spiro atoms. The van der Waals surface area contributed by atoms with Crippen molar-refractivity contribution in [2.45, 2.75) is 51.6 Å². The Kier molecular flexibility index (Phi) is 9.41. The summed E-state index contributed by atoms with van der Waals surface area (Å²) < 4.78 is 5.92. The number of hydrogen-bond donors (Lipinski definition) is 3. The molecular weight excluding hydrogens is 350 g/mol. The number of nitrogens with zero attached hydrogens (tertiary/aromatic N) is 2. The number of aromatic nitrogens is 1. The monoisotopic (exact) mass is 381 g/mol. The number of carbonyl (C=O) groups excluding carboxylic acids is 1. The topological polar surface area (TPSA) is 87.6 Å². The molecule has 8 heteroatoms. The number of guanidine groups is 1. The second kappa shape index (κ2) is 11.9. The first-order valence-electron chi connectivity index (χ1n) is 9.45. The van der Waals surface area contributed by atoms with Crippen molar-refractivity contribution < 1.29 is 9.53 Å². The second-order valence-electron chi connectivity index (χ2n) is 6.43. The predicted octanol–water partition coefficient (Wildman–Crippen LogP) is 2.09. The van der Waals surface area contributed by atoms with Crippen LogP contribution in [0.1, 0.15) is 53.9 Å². The lowest BCUT2D eigenvalue weighted by Crippen LogP contribution is -2.42. The number of carbonyl (C=O) groups is 1. The molecule has 1 aromatic heterocycles. The third kappa shape index (κ3) is 7.29. The van der Waals surface area contributed by atoms with E-state index in [4.69, 9.17) is 4.74 Å². The Morgan fingerprint density at radius 1 is 1.23 bits per heavy atom. The number of thiazole rings is 1. The van der Waals surface area contributed by atoms with Crippen LogP contribution in [0.4, 0.5) is 0 Å². The highest BCUT2D eigenvalue weighted by molar-refractivity contribution is 7.11. The van der Waals surface area contributed by atoms with Crippen LogP contribution < -0.4 is 16.0 Å². The zero-order valence-corrected chi connectivity index (χ0v) is 16.7. The number of rotatable bonds is 9. The van der Waals surface area contributed by atoms with Gasteiger partial charge in [-0.3, -0.25) is 9.79 Å². The van der Waals surface area contributed by atoms with Gasteiger partial charge in [0.1, 0.15) is 4.88 Å². The molecular formula is C18H31N5O2S.